The van der Waals surface area contributed by atoms with Crippen LogP contribution < -0.4 is 9.47 Å². The summed E-state index contributed by atoms with van der Waals surface area (Å²) in [6.45, 7) is 0. The second-order valence-electron chi connectivity index (χ2n) is 4.32. The maximum absolute atomic E-state index is 7.12. The zero-order valence-corrected chi connectivity index (χ0v) is 12.9. The van der Waals surface area contributed by atoms with Gasteiger partial charge in [-0.1, -0.05) is 59.1 Å². The van der Waals surface area contributed by atoms with Gasteiger partial charge in [0.2, 0.25) is 3.79 Å². The van der Waals surface area contributed by atoms with Crippen LogP contribution in [-0.2, 0) is 0 Å². The first-order valence-corrected chi connectivity index (χ1v) is 7.03. The molecule has 0 aliphatic rings. The van der Waals surface area contributed by atoms with Gasteiger partial charge >= 0.3 is 0 Å². The molecule has 0 aliphatic carbocycles. The molecule has 2 aromatic rings. The fraction of sp³-hybridized carbons (Fsp3) is 0.250. The van der Waals surface area contributed by atoms with Crippen LogP contribution in [0.5, 0.6) is 11.5 Å². The Balaban J connectivity index is 2.31. The number of hydrogen-bond acceptors (Lipinski definition) is 2. The van der Waals surface area contributed by atoms with E-state index in [-0.39, 0.29) is 11.5 Å². The highest BCUT2D eigenvalue weighted by molar-refractivity contribution is 6.68. The third-order valence-electron chi connectivity index (χ3n) is 2.99. The highest BCUT2D eigenvalue weighted by Crippen LogP contribution is 2.46. The van der Waals surface area contributed by atoms with Gasteiger partial charge in [-0.2, -0.15) is 0 Å². The molecule has 0 bridgehead atoms. The summed E-state index contributed by atoms with van der Waals surface area (Å²) in [5.74, 6) is -0.377. The Labute approximate surface area is 148 Å². The largest absolute Gasteiger partial charge is 0.497 e. The van der Waals surface area contributed by atoms with Crippen molar-refractivity contribution >= 4 is 34.8 Å². The van der Waals surface area contributed by atoms with E-state index in [2.05, 4.69) is 0 Å². The Morgan fingerprint density at radius 1 is 0.810 bits per heavy atom. The average Bonchev–Trinajstić information content (AvgIpc) is 2.47. The van der Waals surface area contributed by atoms with Crippen molar-refractivity contribution in [1.29, 1.82) is 0 Å². The van der Waals surface area contributed by atoms with Gasteiger partial charge in [0.1, 0.15) is 11.5 Å². The molecular formula is C16H15Cl3O2. The van der Waals surface area contributed by atoms with Gasteiger partial charge in [-0.3, -0.25) is 0 Å². The normalized spacial score (nSPS) is 17.0. The zero-order valence-electron chi connectivity index (χ0n) is 16.6. The average molecular weight is 352 g/mol. The van der Waals surface area contributed by atoms with E-state index in [0.29, 0.717) is 11.1 Å². The van der Waals surface area contributed by atoms with Crippen molar-refractivity contribution in [3.8, 4) is 11.5 Å². The van der Waals surface area contributed by atoms with Gasteiger partial charge in [-0.05, 0) is 35.4 Å². The minimum Gasteiger partial charge on any atom is -0.497 e. The van der Waals surface area contributed by atoms with Crippen molar-refractivity contribution in [2.75, 3.05) is 14.1 Å². The van der Waals surface area contributed by atoms with Crippen molar-refractivity contribution in [2.45, 2.75) is 9.71 Å². The van der Waals surface area contributed by atoms with Crippen molar-refractivity contribution in [3.05, 3.63) is 59.7 Å². The van der Waals surface area contributed by atoms with E-state index in [9.17, 15) is 0 Å². The quantitative estimate of drug-likeness (QED) is 0.704. The molecule has 2 nitrogen and oxygen atoms in total. The summed E-state index contributed by atoms with van der Waals surface area (Å²) in [7, 11) is -5.12. The zero-order chi connectivity index (χ0) is 20.5. The van der Waals surface area contributed by atoms with Gasteiger partial charge in [0.15, 0.2) is 0 Å². The first-order chi connectivity index (χ1) is 12.2. The summed E-state index contributed by atoms with van der Waals surface area (Å²) < 4.78 is 50.6. The number of hydrogen-bond donors (Lipinski definition) is 0. The summed E-state index contributed by atoms with van der Waals surface area (Å²) >= 11 is 18.4. The highest BCUT2D eigenvalue weighted by Gasteiger charge is 2.35. The van der Waals surface area contributed by atoms with Gasteiger partial charge in [0.25, 0.3) is 0 Å². The van der Waals surface area contributed by atoms with E-state index in [4.69, 9.17) is 52.5 Å². The number of methoxy groups -OCH3 is 2. The molecule has 2 aromatic carbocycles. The molecule has 0 fully saturated rings. The van der Waals surface area contributed by atoms with Gasteiger partial charge in [0.05, 0.1) is 28.2 Å². The minimum atomic E-state index is -2.56. The van der Waals surface area contributed by atoms with Crippen LogP contribution in [0.2, 0.25) is 0 Å². The van der Waals surface area contributed by atoms with Crippen molar-refractivity contribution in [3.63, 3.8) is 0 Å². The predicted octanol–water partition coefficient (Wildman–Crippen LogP) is 5.21. The second-order valence-corrected chi connectivity index (χ2v) is 6.69. The van der Waals surface area contributed by atoms with Crippen LogP contribution in [0.15, 0.2) is 48.5 Å². The highest BCUT2D eigenvalue weighted by atomic mass is 35.6. The Morgan fingerprint density at radius 2 is 1.19 bits per heavy atom. The van der Waals surface area contributed by atoms with Crippen LogP contribution in [0.25, 0.3) is 0 Å². The summed E-state index contributed by atoms with van der Waals surface area (Å²) in [5, 5.41) is 0. The fourth-order valence-electron chi connectivity index (χ4n) is 2.03. The third kappa shape index (κ3) is 3.97. The molecule has 2 rings (SSSR count). The maximum atomic E-state index is 7.12. The lowest BCUT2D eigenvalue weighted by atomic mass is 9.92. The Morgan fingerprint density at radius 3 is 1.48 bits per heavy atom. The molecule has 112 valence electrons. The van der Waals surface area contributed by atoms with E-state index < -0.39 is 23.8 Å². The summed E-state index contributed by atoms with van der Waals surface area (Å²) in [4.78, 5) is 0. The smallest absolute Gasteiger partial charge is 0.201 e. The Kier molecular flexibility index (Phi) is 3.17. The van der Waals surface area contributed by atoms with Crippen molar-refractivity contribution < 1.29 is 17.7 Å². The Hall–Kier alpha value is -1.09. The molecule has 0 aromatic heterocycles. The van der Waals surface area contributed by atoms with E-state index >= 15 is 0 Å². The molecule has 0 aliphatic heterocycles. The number of alkyl halides is 3. The Bertz CT molecular complexity index is 693. The summed E-state index contributed by atoms with van der Waals surface area (Å²) in [6, 6.07) is 12.3. The molecule has 0 heterocycles. The molecule has 0 atom stereocenters. The molecule has 0 saturated heterocycles. The maximum Gasteiger partial charge on any atom is 0.201 e. The SMILES string of the molecule is [2H]C([2H])([2H])Oc1ccc(C(c2ccc(OC([2H])([2H])[2H])cc2)C(Cl)(Cl)Cl)cc1. The van der Waals surface area contributed by atoms with Crippen LogP contribution in [-0.4, -0.2) is 17.9 Å². The van der Waals surface area contributed by atoms with E-state index in [1.807, 2.05) is 0 Å². The second kappa shape index (κ2) is 6.78. The van der Waals surface area contributed by atoms with Gasteiger partial charge in [-0.25, -0.2) is 0 Å². The van der Waals surface area contributed by atoms with Crippen LogP contribution in [0.4, 0.5) is 0 Å². The minimum absolute atomic E-state index is 0.156. The standard InChI is InChI=1S/C16H15Cl3O2/c1-20-13-7-3-11(4-8-13)15(16(17,18)19)12-5-9-14(21-2)10-6-12/h3-10,15H,1-2H3/i1D3,2D3. The number of ether oxygens (including phenoxy) is 2. The first-order valence-electron chi connectivity index (χ1n) is 8.89. The van der Waals surface area contributed by atoms with E-state index in [1.54, 1.807) is 24.3 Å². The predicted molar refractivity (Wildman–Crippen MR) is 88.1 cm³/mol. The molecule has 0 saturated carbocycles. The lowest BCUT2D eigenvalue weighted by Gasteiger charge is -2.25. The van der Waals surface area contributed by atoms with Gasteiger partial charge < -0.3 is 9.47 Å². The van der Waals surface area contributed by atoms with Gasteiger partial charge in [0, 0.05) is 0 Å². The van der Waals surface area contributed by atoms with E-state index in [0.717, 1.165) is 0 Å². The lowest BCUT2D eigenvalue weighted by Crippen LogP contribution is -2.18. The third-order valence-corrected chi connectivity index (χ3v) is 3.64. The molecule has 21 heavy (non-hydrogen) atoms. The molecule has 0 N–H and O–H groups in total. The molecule has 0 unspecified atom stereocenters. The van der Waals surface area contributed by atoms with Crippen LogP contribution in [0.1, 0.15) is 25.3 Å². The monoisotopic (exact) mass is 350 g/mol. The van der Waals surface area contributed by atoms with Crippen LogP contribution in [0, 0.1) is 0 Å². The van der Waals surface area contributed by atoms with Crippen molar-refractivity contribution in [1.82, 2.24) is 0 Å². The van der Waals surface area contributed by atoms with E-state index in [1.165, 1.54) is 24.3 Å². The first kappa shape index (κ1) is 9.83. The summed E-state index contributed by atoms with van der Waals surface area (Å²) in [5.41, 5.74) is 1.22. The van der Waals surface area contributed by atoms with Crippen LogP contribution in [0.3, 0.4) is 0 Å². The topological polar surface area (TPSA) is 18.5 Å². The molecule has 0 radical (unpaired) electrons. The number of halogens is 3. The molecule has 0 amide bonds. The lowest BCUT2D eigenvalue weighted by molar-refractivity contribution is 0.414. The number of benzene rings is 2. The van der Waals surface area contributed by atoms with Crippen LogP contribution >= 0.6 is 34.8 Å². The summed E-state index contributed by atoms with van der Waals surface area (Å²) in [6.07, 6.45) is 0. The molecule has 5 heteroatoms. The molecular weight excluding hydrogens is 331 g/mol. The number of rotatable bonds is 4. The fourth-order valence-corrected chi connectivity index (χ4v) is 2.78. The van der Waals surface area contributed by atoms with Crippen molar-refractivity contribution in [2.24, 2.45) is 0 Å². The molecule has 0 spiro atoms. The van der Waals surface area contributed by atoms with Gasteiger partial charge in [-0.15, -0.1) is 0 Å².